The molecule has 4 N–H and O–H groups in total. The van der Waals surface area contributed by atoms with Crippen LogP contribution < -0.4 is 15.2 Å². The lowest BCUT2D eigenvalue weighted by Gasteiger charge is -2.33. The van der Waals surface area contributed by atoms with Gasteiger partial charge in [0.2, 0.25) is 15.8 Å². The lowest BCUT2D eigenvalue weighted by molar-refractivity contribution is -0.180. The van der Waals surface area contributed by atoms with Crippen LogP contribution in [0, 0.1) is 0 Å². The highest BCUT2D eigenvalue weighted by Crippen LogP contribution is 2.33. The van der Waals surface area contributed by atoms with E-state index in [9.17, 15) is 26.7 Å². The summed E-state index contributed by atoms with van der Waals surface area (Å²) in [6.07, 6.45) is 0.156. The molecule has 0 fully saturated rings. The Balaban J connectivity index is 1.21. The molecule has 230 valence electrons. The first-order chi connectivity index (χ1) is 19.2. The quantitative estimate of drug-likeness (QED) is 0.225. The van der Waals surface area contributed by atoms with Crippen LogP contribution in [0.2, 0.25) is 0 Å². The lowest BCUT2D eigenvalue weighted by Crippen LogP contribution is -2.35. The van der Waals surface area contributed by atoms with Gasteiger partial charge in [-0.05, 0) is 80.1 Å². The summed E-state index contributed by atoms with van der Waals surface area (Å²) in [5.41, 5.74) is 1.01. The Bertz CT molecular complexity index is 1240. The van der Waals surface area contributed by atoms with Crippen LogP contribution in [0.3, 0.4) is 0 Å². The molecule has 8 nitrogen and oxygen atoms in total. The second-order valence-corrected chi connectivity index (χ2v) is 12.3. The second kappa shape index (κ2) is 14.8. The van der Waals surface area contributed by atoms with Gasteiger partial charge in [-0.2, -0.15) is 13.2 Å². The van der Waals surface area contributed by atoms with Crippen molar-refractivity contribution in [1.29, 1.82) is 0 Å². The Morgan fingerprint density at radius 1 is 1.05 bits per heavy atom. The molecular weight excluding hydrogens is 561 g/mol. The van der Waals surface area contributed by atoms with E-state index in [-0.39, 0.29) is 5.56 Å². The maximum Gasteiger partial charge on any atom is 0.416 e. The molecule has 1 aliphatic rings. The van der Waals surface area contributed by atoms with Gasteiger partial charge in [-0.15, -0.1) is 0 Å². The maximum atomic E-state index is 13.1. The highest BCUT2D eigenvalue weighted by molar-refractivity contribution is 7.89. The number of unbranched alkanes of at least 4 members (excludes halogenated alkanes) is 4. The normalized spacial score (nSPS) is 15.8. The fraction of sp³-hybridized carbons (Fsp3) is 0.586. The van der Waals surface area contributed by atoms with Crippen LogP contribution in [-0.2, 0) is 38.7 Å². The number of sulfonamides is 1. The molecule has 0 saturated carbocycles. The molecule has 0 aliphatic carbocycles. The van der Waals surface area contributed by atoms with Gasteiger partial charge in [-0.1, -0.05) is 18.9 Å². The summed E-state index contributed by atoms with van der Waals surface area (Å²) in [5.74, 6) is 0.135. The minimum atomic E-state index is -4.65. The van der Waals surface area contributed by atoms with Crippen molar-refractivity contribution in [3.63, 3.8) is 0 Å². The number of alkyl halides is 3. The third-order valence-electron chi connectivity index (χ3n) is 6.76. The van der Waals surface area contributed by atoms with Gasteiger partial charge in [-0.25, -0.2) is 13.6 Å². The number of aliphatic hydroxyl groups excluding tert-OH is 1. The number of rotatable bonds is 16. The van der Waals surface area contributed by atoms with Crippen molar-refractivity contribution in [1.82, 2.24) is 5.32 Å². The molecule has 0 bridgehead atoms. The monoisotopic (exact) mass is 602 g/mol. The van der Waals surface area contributed by atoms with Gasteiger partial charge in [0.25, 0.3) is 0 Å². The molecule has 41 heavy (non-hydrogen) atoms. The summed E-state index contributed by atoms with van der Waals surface area (Å²) in [6.45, 7) is 6.53. The summed E-state index contributed by atoms with van der Waals surface area (Å²) < 4.78 is 79.5. The average molecular weight is 603 g/mol. The number of ether oxygens (including phenoxy) is 3. The number of aryl methyl sites for hydroxylation is 1. The molecule has 3 rings (SSSR count). The van der Waals surface area contributed by atoms with E-state index in [1.807, 2.05) is 32.0 Å². The number of benzene rings is 2. The van der Waals surface area contributed by atoms with Crippen LogP contribution in [0.25, 0.3) is 0 Å². The first-order valence-corrected chi connectivity index (χ1v) is 15.5. The summed E-state index contributed by atoms with van der Waals surface area (Å²) in [7, 11) is -4.23. The van der Waals surface area contributed by atoms with Gasteiger partial charge in [0.15, 0.2) is 0 Å². The van der Waals surface area contributed by atoms with Crippen LogP contribution in [-0.4, -0.2) is 45.6 Å². The van der Waals surface area contributed by atoms with Crippen molar-refractivity contribution >= 4 is 10.0 Å². The zero-order chi connectivity index (χ0) is 30.1. The number of nitrogens with one attached hydrogen (secondary N) is 1. The lowest BCUT2D eigenvalue weighted by atomic mass is 10.0. The van der Waals surface area contributed by atoms with E-state index < -0.39 is 38.5 Å². The standard InChI is InChI=1S/C29H41F3N2O6S/c1-28(2)39-20-23-17-22(10-11-27(23)40-28)26(35)19-34-12-6-3-4-7-13-38-14-8-5-9-21-15-24(29(30,31)32)18-25(16-21)41(33,36)37/h10-11,15-18,26,34-35H,3-9,12-14,19-20H2,1-2H3,(H2,33,36,37)/t26-/m0/s1. The molecule has 12 heteroatoms. The third-order valence-corrected chi connectivity index (χ3v) is 7.65. The fourth-order valence-corrected chi connectivity index (χ4v) is 5.10. The molecule has 0 amide bonds. The van der Waals surface area contributed by atoms with Crippen LogP contribution >= 0.6 is 0 Å². The molecule has 0 aromatic heterocycles. The predicted molar refractivity (Wildman–Crippen MR) is 149 cm³/mol. The first-order valence-electron chi connectivity index (χ1n) is 13.9. The highest BCUT2D eigenvalue weighted by Gasteiger charge is 2.32. The maximum absolute atomic E-state index is 13.1. The number of halogens is 3. The van der Waals surface area contributed by atoms with E-state index in [4.69, 9.17) is 19.3 Å². The van der Waals surface area contributed by atoms with Crippen LogP contribution in [0.4, 0.5) is 13.2 Å². The Labute approximate surface area is 240 Å². The third kappa shape index (κ3) is 11.2. The van der Waals surface area contributed by atoms with Crippen LogP contribution in [0.15, 0.2) is 41.3 Å². The molecule has 2 aromatic carbocycles. The van der Waals surface area contributed by atoms with E-state index in [0.717, 1.165) is 55.2 Å². The molecular formula is C29H41F3N2O6S. The van der Waals surface area contributed by atoms with Gasteiger partial charge in [0, 0.05) is 39.2 Å². The van der Waals surface area contributed by atoms with E-state index in [0.29, 0.717) is 51.7 Å². The summed E-state index contributed by atoms with van der Waals surface area (Å²) in [4.78, 5) is -0.533. The summed E-state index contributed by atoms with van der Waals surface area (Å²) in [5, 5.41) is 18.8. The van der Waals surface area contributed by atoms with Crippen LogP contribution in [0.5, 0.6) is 5.75 Å². The zero-order valence-corrected chi connectivity index (χ0v) is 24.5. The molecule has 1 atom stereocenters. The molecule has 2 aromatic rings. The van der Waals surface area contributed by atoms with Crippen LogP contribution in [0.1, 0.15) is 80.7 Å². The average Bonchev–Trinajstić information content (AvgIpc) is 2.89. The molecule has 1 aliphatic heterocycles. The smallest absolute Gasteiger partial charge is 0.416 e. The van der Waals surface area contributed by atoms with Gasteiger partial charge < -0.3 is 24.6 Å². The molecule has 0 spiro atoms. The number of hydrogen-bond donors (Lipinski definition) is 3. The van der Waals surface area contributed by atoms with E-state index in [2.05, 4.69) is 5.32 Å². The highest BCUT2D eigenvalue weighted by atomic mass is 32.2. The van der Waals surface area contributed by atoms with Crippen molar-refractivity contribution < 1.29 is 40.9 Å². The molecule has 0 saturated heterocycles. The van der Waals surface area contributed by atoms with Gasteiger partial charge >= 0.3 is 6.18 Å². The number of hydrogen-bond acceptors (Lipinski definition) is 7. The second-order valence-electron chi connectivity index (χ2n) is 10.8. The van der Waals surface area contributed by atoms with Crippen molar-refractivity contribution in [2.75, 3.05) is 26.3 Å². The van der Waals surface area contributed by atoms with Gasteiger partial charge in [0.1, 0.15) is 5.75 Å². The number of nitrogens with two attached hydrogens (primary N) is 1. The van der Waals surface area contributed by atoms with Gasteiger partial charge in [0.05, 0.1) is 23.2 Å². The Kier molecular flexibility index (Phi) is 12.0. The topological polar surface area (TPSA) is 120 Å². The minimum absolute atomic E-state index is 0.279. The Morgan fingerprint density at radius 3 is 2.46 bits per heavy atom. The van der Waals surface area contributed by atoms with Gasteiger partial charge in [-0.3, -0.25) is 0 Å². The van der Waals surface area contributed by atoms with E-state index >= 15 is 0 Å². The first kappa shape index (κ1) is 33.3. The molecule has 0 unspecified atom stereocenters. The largest absolute Gasteiger partial charge is 0.463 e. The van der Waals surface area contributed by atoms with E-state index in [1.165, 1.54) is 6.07 Å². The fourth-order valence-electron chi connectivity index (χ4n) is 4.50. The Morgan fingerprint density at radius 2 is 1.76 bits per heavy atom. The number of fused-ring (bicyclic) bond motifs is 1. The van der Waals surface area contributed by atoms with Crippen molar-refractivity contribution in [2.45, 2.75) is 88.4 Å². The molecule has 1 heterocycles. The molecule has 0 radical (unpaired) electrons. The number of aliphatic hydroxyl groups is 1. The van der Waals surface area contributed by atoms with Crippen molar-refractivity contribution in [2.24, 2.45) is 5.14 Å². The summed E-state index contributed by atoms with van der Waals surface area (Å²) in [6, 6.07) is 8.40. The number of primary sulfonamides is 1. The minimum Gasteiger partial charge on any atom is -0.463 e. The summed E-state index contributed by atoms with van der Waals surface area (Å²) >= 11 is 0. The SMILES string of the molecule is CC1(C)OCc2cc([C@@H](O)CNCCCCCCOCCCCc3cc(C(F)(F)F)cc(S(N)(=O)=O)c3)ccc2O1. The van der Waals surface area contributed by atoms with E-state index in [1.54, 1.807) is 0 Å². The van der Waals surface area contributed by atoms with Crippen molar-refractivity contribution in [3.8, 4) is 5.75 Å². The Hall–Kier alpha value is -2.22. The predicted octanol–water partition coefficient (Wildman–Crippen LogP) is 5.22. The zero-order valence-electron chi connectivity index (χ0n) is 23.6. The van der Waals surface area contributed by atoms with Crippen molar-refractivity contribution in [3.05, 3.63) is 58.7 Å².